The van der Waals surface area contributed by atoms with Crippen LogP contribution in [0.3, 0.4) is 0 Å². The molecule has 1 aliphatic heterocycles. The third kappa shape index (κ3) is 5.36. The van der Waals surface area contributed by atoms with Crippen molar-refractivity contribution in [1.29, 1.82) is 0 Å². The normalized spacial score (nSPS) is 19.9. The first kappa shape index (κ1) is 15.1. The van der Waals surface area contributed by atoms with Crippen LogP contribution in [-0.2, 0) is 4.79 Å². The van der Waals surface area contributed by atoms with Crippen LogP contribution in [0.5, 0.6) is 0 Å². The van der Waals surface area contributed by atoms with E-state index >= 15 is 0 Å². The third-order valence-corrected chi connectivity index (χ3v) is 4.06. The molecule has 114 valence electrons. The Morgan fingerprint density at radius 2 is 1.85 bits per heavy atom. The van der Waals surface area contributed by atoms with Crippen molar-refractivity contribution < 1.29 is 14.7 Å². The van der Waals surface area contributed by atoms with Gasteiger partial charge in [-0.1, -0.05) is 12.8 Å². The van der Waals surface area contributed by atoms with Crippen LogP contribution in [0.2, 0.25) is 0 Å². The van der Waals surface area contributed by atoms with Gasteiger partial charge in [-0.15, -0.1) is 0 Å². The van der Waals surface area contributed by atoms with E-state index in [-0.39, 0.29) is 12.5 Å². The van der Waals surface area contributed by atoms with Crippen molar-refractivity contribution in [2.24, 2.45) is 5.92 Å². The predicted octanol–water partition coefficient (Wildman–Crippen LogP) is 0.978. The standard InChI is InChI=1S/C14H25N3O3/c18-13(19)5-7-16-8-10-17(11-9-16)14(20)15-6-1-2-12-3-4-12/h12H,1-11H2,(H,15,20)(H,18,19). The minimum atomic E-state index is -0.763. The number of piperazine rings is 1. The van der Waals surface area contributed by atoms with E-state index in [9.17, 15) is 9.59 Å². The number of hydrogen-bond donors (Lipinski definition) is 2. The molecule has 20 heavy (non-hydrogen) atoms. The van der Waals surface area contributed by atoms with Crippen LogP contribution < -0.4 is 5.32 Å². The van der Waals surface area contributed by atoms with Crippen LogP contribution >= 0.6 is 0 Å². The summed E-state index contributed by atoms with van der Waals surface area (Å²) in [6.45, 7) is 4.26. The van der Waals surface area contributed by atoms with Crippen LogP contribution in [0.1, 0.15) is 32.1 Å². The highest BCUT2D eigenvalue weighted by molar-refractivity contribution is 5.74. The number of aliphatic carboxylic acids is 1. The summed E-state index contributed by atoms with van der Waals surface area (Å²) in [5.41, 5.74) is 0. The van der Waals surface area contributed by atoms with Crippen molar-refractivity contribution in [2.75, 3.05) is 39.3 Å². The highest BCUT2D eigenvalue weighted by Gasteiger charge is 2.22. The van der Waals surface area contributed by atoms with E-state index in [1.807, 2.05) is 4.90 Å². The maximum atomic E-state index is 11.9. The molecule has 0 bridgehead atoms. The zero-order valence-corrected chi connectivity index (χ0v) is 12.0. The van der Waals surface area contributed by atoms with Gasteiger partial charge in [-0.25, -0.2) is 4.79 Å². The number of amides is 2. The monoisotopic (exact) mass is 283 g/mol. The Labute approximate surface area is 120 Å². The Morgan fingerprint density at radius 3 is 2.45 bits per heavy atom. The molecular formula is C14H25N3O3. The number of carbonyl (C=O) groups excluding carboxylic acids is 1. The molecule has 2 fully saturated rings. The van der Waals surface area contributed by atoms with Crippen LogP contribution in [0.25, 0.3) is 0 Å². The fourth-order valence-corrected chi connectivity index (χ4v) is 2.53. The van der Waals surface area contributed by atoms with Crippen LogP contribution in [0.4, 0.5) is 4.79 Å². The molecule has 2 aliphatic rings. The van der Waals surface area contributed by atoms with Crippen molar-refractivity contribution in [1.82, 2.24) is 15.1 Å². The summed E-state index contributed by atoms with van der Waals surface area (Å²) < 4.78 is 0. The third-order valence-electron chi connectivity index (χ3n) is 4.06. The Hall–Kier alpha value is -1.30. The molecule has 0 radical (unpaired) electrons. The van der Waals surface area contributed by atoms with Crippen molar-refractivity contribution in [3.63, 3.8) is 0 Å². The lowest BCUT2D eigenvalue weighted by Gasteiger charge is -2.34. The van der Waals surface area contributed by atoms with Gasteiger partial charge in [0.15, 0.2) is 0 Å². The first-order valence-electron chi connectivity index (χ1n) is 7.62. The lowest BCUT2D eigenvalue weighted by Crippen LogP contribution is -2.52. The van der Waals surface area contributed by atoms with Crippen molar-refractivity contribution >= 4 is 12.0 Å². The van der Waals surface area contributed by atoms with E-state index in [0.29, 0.717) is 19.6 Å². The minimum Gasteiger partial charge on any atom is -0.481 e. The van der Waals surface area contributed by atoms with Gasteiger partial charge >= 0.3 is 12.0 Å². The van der Waals surface area contributed by atoms with E-state index < -0.39 is 5.97 Å². The van der Waals surface area contributed by atoms with Gasteiger partial charge in [-0.3, -0.25) is 9.69 Å². The minimum absolute atomic E-state index is 0.0266. The molecule has 2 N–H and O–H groups in total. The fraction of sp³-hybridized carbons (Fsp3) is 0.857. The van der Waals surface area contributed by atoms with Crippen LogP contribution in [-0.4, -0.2) is 66.2 Å². The quantitative estimate of drug-likeness (QED) is 0.683. The molecule has 1 aliphatic carbocycles. The van der Waals surface area contributed by atoms with E-state index in [4.69, 9.17) is 5.11 Å². The van der Waals surface area contributed by atoms with Gasteiger partial charge in [0.2, 0.25) is 0 Å². The number of rotatable bonds is 7. The van der Waals surface area contributed by atoms with Crippen molar-refractivity contribution in [2.45, 2.75) is 32.1 Å². The Morgan fingerprint density at radius 1 is 1.15 bits per heavy atom. The lowest BCUT2D eigenvalue weighted by molar-refractivity contribution is -0.137. The van der Waals surface area contributed by atoms with E-state index in [1.165, 1.54) is 19.3 Å². The molecule has 2 rings (SSSR count). The Kier molecular flexibility index (Phi) is 5.64. The van der Waals surface area contributed by atoms with Gasteiger partial charge in [0.05, 0.1) is 6.42 Å². The number of hydrogen-bond acceptors (Lipinski definition) is 3. The van der Waals surface area contributed by atoms with Gasteiger partial charge in [0.1, 0.15) is 0 Å². The first-order chi connectivity index (χ1) is 9.65. The number of carboxylic acid groups (broad SMARTS) is 1. The molecule has 2 amide bonds. The van der Waals surface area contributed by atoms with Gasteiger partial charge < -0.3 is 15.3 Å². The topological polar surface area (TPSA) is 72.9 Å². The average molecular weight is 283 g/mol. The summed E-state index contributed by atoms with van der Waals surface area (Å²) in [7, 11) is 0. The molecule has 1 saturated heterocycles. The molecule has 6 heteroatoms. The summed E-state index contributed by atoms with van der Waals surface area (Å²) in [5.74, 6) is 0.158. The number of carbonyl (C=O) groups is 2. The summed E-state index contributed by atoms with van der Waals surface area (Å²) in [4.78, 5) is 26.4. The van der Waals surface area contributed by atoms with Gasteiger partial charge in [0, 0.05) is 39.3 Å². The van der Waals surface area contributed by atoms with Crippen LogP contribution in [0, 0.1) is 5.92 Å². The van der Waals surface area contributed by atoms with E-state index in [1.54, 1.807) is 0 Å². The molecule has 0 aromatic rings. The number of nitrogens with zero attached hydrogens (tertiary/aromatic N) is 2. The van der Waals surface area contributed by atoms with Gasteiger partial charge in [-0.05, 0) is 18.8 Å². The first-order valence-corrected chi connectivity index (χ1v) is 7.62. The summed E-state index contributed by atoms with van der Waals surface area (Å²) in [5, 5.41) is 11.6. The highest BCUT2D eigenvalue weighted by atomic mass is 16.4. The molecule has 6 nitrogen and oxygen atoms in total. The second-order valence-electron chi connectivity index (χ2n) is 5.79. The largest absolute Gasteiger partial charge is 0.481 e. The zero-order valence-electron chi connectivity index (χ0n) is 12.0. The van der Waals surface area contributed by atoms with Gasteiger partial charge in [-0.2, -0.15) is 0 Å². The molecule has 0 aromatic carbocycles. The number of nitrogens with one attached hydrogen (secondary N) is 1. The molecule has 1 saturated carbocycles. The maximum Gasteiger partial charge on any atom is 0.317 e. The van der Waals surface area contributed by atoms with Crippen molar-refractivity contribution in [3.05, 3.63) is 0 Å². The Bertz CT molecular complexity index is 337. The molecule has 0 spiro atoms. The molecule has 0 unspecified atom stereocenters. The van der Waals surface area contributed by atoms with Gasteiger partial charge in [0.25, 0.3) is 0 Å². The van der Waals surface area contributed by atoms with E-state index in [2.05, 4.69) is 10.2 Å². The lowest BCUT2D eigenvalue weighted by atomic mass is 10.2. The van der Waals surface area contributed by atoms with E-state index in [0.717, 1.165) is 32.0 Å². The predicted molar refractivity (Wildman–Crippen MR) is 75.6 cm³/mol. The smallest absolute Gasteiger partial charge is 0.317 e. The summed E-state index contributed by atoms with van der Waals surface area (Å²) >= 11 is 0. The summed E-state index contributed by atoms with van der Waals surface area (Å²) in [6.07, 6.45) is 5.23. The second kappa shape index (κ2) is 7.47. The molecule has 0 atom stereocenters. The van der Waals surface area contributed by atoms with Crippen LogP contribution in [0.15, 0.2) is 0 Å². The SMILES string of the molecule is O=C(O)CCN1CCN(C(=O)NCCCC2CC2)CC1. The zero-order chi connectivity index (χ0) is 14.4. The fourth-order valence-electron chi connectivity index (χ4n) is 2.53. The second-order valence-corrected chi connectivity index (χ2v) is 5.79. The molecule has 1 heterocycles. The summed E-state index contributed by atoms with van der Waals surface area (Å²) in [6, 6.07) is 0.0266. The van der Waals surface area contributed by atoms with Crippen molar-refractivity contribution in [3.8, 4) is 0 Å². The molecular weight excluding hydrogens is 258 g/mol. The molecule has 0 aromatic heterocycles. The highest BCUT2D eigenvalue weighted by Crippen LogP contribution is 2.33. The number of urea groups is 1. The number of carboxylic acids is 1. The average Bonchev–Trinajstić information content (AvgIpc) is 3.26. The maximum absolute atomic E-state index is 11.9. The Balaban J connectivity index is 1.54.